The van der Waals surface area contributed by atoms with Gasteiger partial charge in [-0.15, -0.1) is 11.3 Å². The van der Waals surface area contributed by atoms with Crippen LogP contribution in [0.2, 0.25) is 0 Å². The molecule has 2 aromatic carbocycles. The maximum atomic E-state index is 10.9. The second-order valence-corrected chi connectivity index (χ2v) is 6.64. The second kappa shape index (κ2) is 6.90. The summed E-state index contributed by atoms with van der Waals surface area (Å²) >= 11 is 1.49. The quantitative estimate of drug-likeness (QED) is 0.509. The molecule has 0 aliphatic carbocycles. The van der Waals surface area contributed by atoms with Crippen molar-refractivity contribution in [3.05, 3.63) is 69.6 Å². The molecule has 0 aliphatic rings. The molecule has 0 saturated heterocycles. The van der Waals surface area contributed by atoms with Crippen LogP contribution in [0.5, 0.6) is 0 Å². The predicted molar refractivity (Wildman–Crippen MR) is 97.0 cm³/mol. The maximum Gasteiger partial charge on any atom is 0.270 e. The molecule has 5 nitrogen and oxygen atoms in total. The van der Waals surface area contributed by atoms with Crippen LogP contribution in [0.25, 0.3) is 21.8 Å². The average molecular weight is 339 g/mol. The minimum atomic E-state index is -0.387. The van der Waals surface area contributed by atoms with Crippen molar-refractivity contribution < 1.29 is 4.92 Å². The first kappa shape index (κ1) is 16.3. The van der Waals surface area contributed by atoms with Crippen LogP contribution >= 0.6 is 11.3 Å². The van der Waals surface area contributed by atoms with Gasteiger partial charge in [-0.2, -0.15) is 0 Å². The number of non-ortho nitro benzene ring substituents is 1. The number of hydrogen-bond donors (Lipinski definition) is 0. The van der Waals surface area contributed by atoms with Crippen LogP contribution in [-0.2, 0) is 6.54 Å². The molecule has 6 heteroatoms. The normalized spacial score (nSPS) is 11.0. The van der Waals surface area contributed by atoms with Crippen LogP contribution in [0.15, 0.2) is 53.9 Å². The van der Waals surface area contributed by atoms with Gasteiger partial charge in [-0.25, -0.2) is 4.98 Å². The summed E-state index contributed by atoms with van der Waals surface area (Å²) < 4.78 is 0. The summed E-state index contributed by atoms with van der Waals surface area (Å²) in [6.45, 7) is 0.899. The van der Waals surface area contributed by atoms with Gasteiger partial charge in [-0.05, 0) is 19.7 Å². The van der Waals surface area contributed by atoms with Gasteiger partial charge < -0.3 is 4.90 Å². The monoisotopic (exact) mass is 339 g/mol. The van der Waals surface area contributed by atoms with Crippen molar-refractivity contribution in [1.82, 2.24) is 9.88 Å². The van der Waals surface area contributed by atoms with E-state index in [-0.39, 0.29) is 10.6 Å². The fourth-order valence-corrected chi connectivity index (χ4v) is 3.26. The summed E-state index contributed by atoms with van der Waals surface area (Å²) in [6, 6.07) is 14.9. The third-order valence-corrected chi connectivity index (χ3v) is 4.45. The van der Waals surface area contributed by atoms with E-state index < -0.39 is 0 Å². The molecule has 0 atom stereocenters. The summed E-state index contributed by atoms with van der Waals surface area (Å²) in [4.78, 5) is 17.3. The molecule has 0 unspecified atom stereocenters. The van der Waals surface area contributed by atoms with Gasteiger partial charge in [0.2, 0.25) is 0 Å². The number of nitrogens with zero attached hydrogens (tertiary/aromatic N) is 3. The average Bonchev–Trinajstić information content (AvgIpc) is 3.05. The van der Waals surface area contributed by atoms with Crippen LogP contribution in [0.1, 0.15) is 5.56 Å². The zero-order valence-electron chi connectivity index (χ0n) is 13.5. The van der Waals surface area contributed by atoms with E-state index in [0.29, 0.717) is 0 Å². The lowest BCUT2D eigenvalue weighted by molar-refractivity contribution is -0.384. The Balaban J connectivity index is 1.85. The Morgan fingerprint density at radius 1 is 1.12 bits per heavy atom. The van der Waals surface area contributed by atoms with Gasteiger partial charge in [-0.1, -0.05) is 36.4 Å². The number of aromatic nitrogens is 1. The number of thiazole rings is 1. The Morgan fingerprint density at radius 3 is 2.54 bits per heavy atom. The lowest BCUT2D eigenvalue weighted by Crippen LogP contribution is -2.10. The molecule has 122 valence electrons. The fraction of sp³-hybridized carbons (Fsp3) is 0.167. The zero-order valence-corrected chi connectivity index (χ0v) is 14.3. The molecule has 0 saturated carbocycles. The van der Waals surface area contributed by atoms with E-state index >= 15 is 0 Å². The standard InChI is InChI=1S/C18H17N3O2S/c1-20(2)11-13-6-8-14(9-7-13)17-12-24-18(19-17)15-4-3-5-16(10-15)21(22)23/h3-10,12H,11H2,1-2H3. The molecular formula is C18H17N3O2S. The summed E-state index contributed by atoms with van der Waals surface area (Å²) in [6.07, 6.45) is 0. The molecule has 1 heterocycles. The number of hydrogen-bond acceptors (Lipinski definition) is 5. The van der Waals surface area contributed by atoms with Gasteiger partial charge in [0.1, 0.15) is 5.01 Å². The lowest BCUT2D eigenvalue weighted by atomic mass is 10.1. The van der Waals surface area contributed by atoms with Crippen LogP contribution < -0.4 is 0 Å². The molecule has 0 N–H and O–H groups in total. The Bertz CT molecular complexity index is 857. The SMILES string of the molecule is CN(C)Cc1ccc(-c2csc(-c3cccc([N+](=O)[O-])c3)n2)cc1. The van der Waals surface area contributed by atoms with Gasteiger partial charge in [0.15, 0.2) is 0 Å². The Hall–Kier alpha value is -2.57. The summed E-state index contributed by atoms with van der Waals surface area (Å²) in [5, 5.41) is 13.7. The number of rotatable bonds is 5. The molecular weight excluding hydrogens is 322 g/mol. The Morgan fingerprint density at radius 2 is 1.88 bits per heavy atom. The molecule has 0 aliphatic heterocycles. The van der Waals surface area contributed by atoms with E-state index in [9.17, 15) is 10.1 Å². The smallest absolute Gasteiger partial charge is 0.270 e. The van der Waals surface area contributed by atoms with Gasteiger partial charge in [0.25, 0.3) is 5.69 Å². The van der Waals surface area contributed by atoms with Crippen LogP contribution in [0, 0.1) is 10.1 Å². The first-order valence-corrected chi connectivity index (χ1v) is 8.35. The Kier molecular flexibility index (Phi) is 4.69. The summed E-state index contributed by atoms with van der Waals surface area (Å²) in [7, 11) is 4.08. The molecule has 0 amide bonds. The molecule has 0 fully saturated rings. The van der Waals surface area contributed by atoms with Crippen LogP contribution in [-0.4, -0.2) is 28.9 Å². The highest BCUT2D eigenvalue weighted by Gasteiger charge is 2.11. The third-order valence-electron chi connectivity index (χ3n) is 3.56. The van der Waals surface area contributed by atoms with Gasteiger partial charge in [-0.3, -0.25) is 10.1 Å². The first-order chi connectivity index (χ1) is 11.5. The predicted octanol–water partition coefficient (Wildman–Crippen LogP) is 4.45. The van der Waals surface area contributed by atoms with Crippen LogP contribution in [0.3, 0.4) is 0 Å². The number of nitro groups is 1. The van der Waals surface area contributed by atoms with Crippen molar-refractivity contribution in [2.45, 2.75) is 6.54 Å². The van der Waals surface area contributed by atoms with Crippen molar-refractivity contribution >= 4 is 17.0 Å². The van der Waals surface area contributed by atoms with E-state index in [1.165, 1.54) is 23.0 Å². The molecule has 24 heavy (non-hydrogen) atoms. The van der Waals surface area contributed by atoms with E-state index in [4.69, 9.17) is 0 Å². The number of nitro benzene ring substituents is 1. The highest BCUT2D eigenvalue weighted by atomic mass is 32.1. The van der Waals surface area contributed by atoms with Crippen molar-refractivity contribution in [3.8, 4) is 21.8 Å². The van der Waals surface area contributed by atoms with E-state index in [0.717, 1.165) is 28.4 Å². The third kappa shape index (κ3) is 3.67. The zero-order chi connectivity index (χ0) is 17.1. The molecule has 3 rings (SSSR count). The van der Waals surface area contributed by atoms with Crippen molar-refractivity contribution in [2.24, 2.45) is 0 Å². The molecule has 3 aromatic rings. The van der Waals surface area contributed by atoms with Crippen molar-refractivity contribution in [3.63, 3.8) is 0 Å². The van der Waals surface area contributed by atoms with Crippen LogP contribution in [0.4, 0.5) is 5.69 Å². The van der Waals surface area contributed by atoms with Gasteiger partial charge >= 0.3 is 0 Å². The molecule has 1 aromatic heterocycles. The summed E-state index contributed by atoms with van der Waals surface area (Å²) in [5.41, 5.74) is 4.03. The maximum absolute atomic E-state index is 10.9. The minimum absolute atomic E-state index is 0.0808. The number of benzene rings is 2. The summed E-state index contributed by atoms with van der Waals surface area (Å²) in [5.74, 6) is 0. The minimum Gasteiger partial charge on any atom is -0.305 e. The van der Waals surface area contributed by atoms with E-state index in [2.05, 4.69) is 34.1 Å². The highest BCUT2D eigenvalue weighted by Crippen LogP contribution is 2.30. The van der Waals surface area contributed by atoms with E-state index in [1.54, 1.807) is 12.1 Å². The second-order valence-electron chi connectivity index (χ2n) is 5.78. The Labute approximate surface area is 144 Å². The topological polar surface area (TPSA) is 59.3 Å². The molecule has 0 radical (unpaired) electrons. The molecule has 0 bridgehead atoms. The lowest BCUT2D eigenvalue weighted by Gasteiger charge is -2.09. The fourth-order valence-electron chi connectivity index (χ4n) is 2.44. The van der Waals surface area contributed by atoms with Gasteiger partial charge in [0.05, 0.1) is 10.6 Å². The molecule has 0 spiro atoms. The van der Waals surface area contributed by atoms with Crippen molar-refractivity contribution in [2.75, 3.05) is 14.1 Å². The van der Waals surface area contributed by atoms with Crippen molar-refractivity contribution in [1.29, 1.82) is 0 Å². The van der Waals surface area contributed by atoms with E-state index in [1.807, 2.05) is 25.5 Å². The van der Waals surface area contributed by atoms with Gasteiger partial charge in [0, 0.05) is 35.2 Å². The largest absolute Gasteiger partial charge is 0.305 e. The highest BCUT2D eigenvalue weighted by molar-refractivity contribution is 7.13. The first-order valence-electron chi connectivity index (χ1n) is 7.47.